The van der Waals surface area contributed by atoms with Crippen LogP contribution in [-0.2, 0) is 16.6 Å². The van der Waals surface area contributed by atoms with E-state index in [1.54, 1.807) is 53.6 Å². The predicted octanol–water partition coefficient (Wildman–Crippen LogP) is 3.33. The van der Waals surface area contributed by atoms with E-state index in [-0.39, 0.29) is 16.8 Å². The van der Waals surface area contributed by atoms with E-state index in [2.05, 4.69) is 25.3 Å². The van der Waals surface area contributed by atoms with Crippen molar-refractivity contribution >= 4 is 38.9 Å². The fourth-order valence-electron chi connectivity index (χ4n) is 3.26. The lowest BCUT2D eigenvalue weighted by atomic mass is 10.1. The topological polar surface area (TPSA) is 124 Å². The molecule has 1 fully saturated rings. The van der Waals surface area contributed by atoms with E-state index < -0.39 is 15.9 Å². The van der Waals surface area contributed by atoms with Gasteiger partial charge in [-0.2, -0.15) is 19.3 Å². The highest BCUT2D eigenvalue weighted by Gasteiger charge is 2.31. The van der Waals surface area contributed by atoms with Crippen LogP contribution in [0.3, 0.4) is 0 Å². The number of hydrogen-bond donors (Lipinski definition) is 0. The molecule has 0 saturated carbocycles. The number of aromatic nitrogens is 3. The summed E-state index contributed by atoms with van der Waals surface area (Å²) in [4.78, 5) is 17.8. The minimum atomic E-state index is -3.58. The fourth-order valence-corrected chi connectivity index (χ4v) is 6.28. The number of piperidine rings is 1. The Labute approximate surface area is 193 Å². The maximum atomic E-state index is 13.0. The van der Waals surface area contributed by atoms with Crippen LogP contribution in [0.25, 0.3) is 0 Å². The molecule has 13 heteroatoms. The predicted molar refractivity (Wildman–Crippen MR) is 118 cm³/mol. The zero-order valence-corrected chi connectivity index (χ0v) is 19.2. The highest BCUT2D eigenvalue weighted by atomic mass is 35.5. The van der Waals surface area contributed by atoms with Gasteiger partial charge in [-0.3, -0.25) is 4.79 Å². The molecule has 10 nitrogen and oxygen atoms in total. The molecule has 0 spiro atoms. The van der Waals surface area contributed by atoms with Gasteiger partial charge in [-0.05, 0) is 49.2 Å². The first-order valence-electron chi connectivity index (χ1n) is 9.75. The van der Waals surface area contributed by atoms with Crippen molar-refractivity contribution in [1.29, 1.82) is 0 Å². The highest BCUT2D eigenvalue weighted by molar-refractivity contribution is 7.91. The first-order chi connectivity index (χ1) is 15.4. The molecule has 2 aromatic heterocycles. The Bertz CT molecular complexity index is 1240. The van der Waals surface area contributed by atoms with Crippen LogP contribution in [0.2, 0.25) is 5.02 Å². The molecule has 0 unspecified atom stereocenters. The number of sulfonamides is 1. The van der Waals surface area contributed by atoms with E-state index in [0.717, 1.165) is 11.3 Å². The van der Waals surface area contributed by atoms with Crippen molar-refractivity contribution in [2.75, 3.05) is 13.1 Å². The van der Waals surface area contributed by atoms with Gasteiger partial charge in [0.25, 0.3) is 10.0 Å². The summed E-state index contributed by atoms with van der Waals surface area (Å²) in [6, 6.07) is 9.65. The average molecular weight is 493 g/mol. The number of benzene rings is 1. The summed E-state index contributed by atoms with van der Waals surface area (Å²) in [5, 5.41) is 16.2. The molecule has 4 rings (SSSR count). The third-order valence-electron chi connectivity index (χ3n) is 4.93. The van der Waals surface area contributed by atoms with Crippen molar-refractivity contribution in [2.24, 2.45) is 10.2 Å². The summed E-state index contributed by atoms with van der Waals surface area (Å²) >= 11 is 6.92. The number of carbonyl (C=O) groups excluding carboxylic acids is 1. The van der Waals surface area contributed by atoms with Crippen molar-refractivity contribution in [3.8, 4) is 0 Å². The molecule has 3 heterocycles. The van der Waals surface area contributed by atoms with Crippen LogP contribution in [0.5, 0.6) is 0 Å². The van der Waals surface area contributed by atoms with E-state index in [0.29, 0.717) is 41.4 Å². The lowest BCUT2D eigenvalue weighted by Gasteiger charge is -2.30. The van der Waals surface area contributed by atoms with Gasteiger partial charge >= 0.3 is 5.91 Å². The number of halogens is 1. The van der Waals surface area contributed by atoms with Gasteiger partial charge in [-0.1, -0.05) is 11.6 Å². The first kappa shape index (κ1) is 22.4. The quantitative estimate of drug-likeness (QED) is 0.385. The monoisotopic (exact) mass is 492 g/mol. The maximum absolute atomic E-state index is 13.0. The second kappa shape index (κ2) is 9.80. The molecular formula is C19H19ClN7O3S2+. The zero-order chi connectivity index (χ0) is 22.6. The molecule has 0 radical (unpaired) electrons. The Morgan fingerprint density at radius 1 is 1.12 bits per heavy atom. The Hall–Kier alpha value is -2.76. The van der Waals surface area contributed by atoms with Gasteiger partial charge in [-0.15, -0.1) is 11.3 Å². The maximum Gasteiger partial charge on any atom is 0.360 e. The SMILES string of the molecule is O=C(N=[N+]=NCc1ccc(S(=O)(=O)N2CCC(n3nccn3)CC2)s1)c1ccc(Cl)cc1. The Morgan fingerprint density at radius 3 is 2.50 bits per heavy atom. The minimum absolute atomic E-state index is 0.107. The van der Waals surface area contributed by atoms with Crippen molar-refractivity contribution in [2.45, 2.75) is 29.6 Å². The molecule has 0 aliphatic carbocycles. The highest BCUT2D eigenvalue weighted by Crippen LogP contribution is 2.29. The molecule has 0 atom stereocenters. The smallest absolute Gasteiger partial charge is 0.259 e. The molecule has 0 N–H and O–H groups in total. The van der Waals surface area contributed by atoms with Crippen molar-refractivity contribution in [1.82, 2.24) is 24.2 Å². The summed E-state index contributed by atoms with van der Waals surface area (Å²) in [7, 11) is -3.58. The first-order valence-corrected chi connectivity index (χ1v) is 12.4. The standard InChI is InChI=1S/C19H19ClN7O3S2/c20-15-3-1-14(2-4-15)19(28)24-25-21-13-17-5-6-18(31-17)32(29,30)26-11-7-16(8-12-26)27-22-9-10-23-27/h1-6,9-10,16H,7-8,11-13H2/q+1. The van der Waals surface area contributed by atoms with Gasteiger partial charge in [0, 0.05) is 28.6 Å². The average Bonchev–Trinajstić information content (AvgIpc) is 3.50. The number of amides is 1. The third kappa shape index (κ3) is 5.17. The Kier molecular flexibility index (Phi) is 6.87. The fraction of sp³-hybridized carbons (Fsp3) is 0.316. The van der Waals surface area contributed by atoms with Crippen molar-refractivity contribution in [3.63, 3.8) is 0 Å². The normalized spacial score (nSPS) is 15.3. The number of hydrogen-bond acceptors (Lipinski definition) is 7. The van der Waals surface area contributed by atoms with Gasteiger partial charge in [0.1, 0.15) is 9.32 Å². The van der Waals surface area contributed by atoms with Crippen LogP contribution >= 0.6 is 22.9 Å². The van der Waals surface area contributed by atoms with Crippen LogP contribution in [0.15, 0.2) is 63.2 Å². The number of nitrogens with zero attached hydrogens (tertiary/aromatic N) is 7. The van der Waals surface area contributed by atoms with Gasteiger partial charge in [0.05, 0.1) is 18.4 Å². The van der Waals surface area contributed by atoms with Gasteiger partial charge in [0.15, 0.2) is 6.54 Å². The third-order valence-corrected chi connectivity index (χ3v) is 8.62. The second-order valence-corrected chi connectivity index (χ2v) is 10.8. The summed E-state index contributed by atoms with van der Waals surface area (Å²) in [6.45, 7) is 0.949. The Morgan fingerprint density at radius 2 is 1.81 bits per heavy atom. The molecule has 1 aromatic carbocycles. The lowest BCUT2D eigenvalue weighted by molar-refractivity contribution is 0.0992. The van der Waals surface area contributed by atoms with Gasteiger partial charge in [0.2, 0.25) is 10.0 Å². The molecule has 1 aliphatic heterocycles. The zero-order valence-electron chi connectivity index (χ0n) is 16.8. The van der Waals surface area contributed by atoms with Crippen LogP contribution in [0, 0.1) is 0 Å². The second-order valence-electron chi connectivity index (χ2n) is 7.01. The van der Waals surface area contributed by atoms with Gasteiger partial charge < -0.3 is 0 Å². The molecule has 166 valence electrons. The van der Waals surface area contributed by atoms with Crippen LogP contribution in [-0.4, -0.2) is 46.7 Å². The largest absolute Gasteiger partial charge is 0.360 e. The molecule has 1 saturated heterocycles. The van der Waals surface area contributed by atoms with Crippen LogP contribution in [0.1, 0.15) is 34.1 Å². The van der Waals surface area contributed by atoms with E-state index >= 15 is 0 Å². The van der Waals surface area contributed by atoms with E-state index in [4.69, 9.17) is 11.6 Å². The van der Waals surface area contributed by atoms with Crippen molar-refractivity contribution in [3.05, 3.63) is 64.3 Å². The molecule has 32 heavy (non-hydrogen) atoms. The number of rotatable bonds is 6. The summed E-state index contributed by atoms with van der Waals surface area (Å²) in [5.74, 6) is -0.534. The van der Waals surface area contributed by atoms with Crippen molar-refractivity contribution < 1.29 is 13.2 Å². The summed E-state index contributed by atoms with van der Waals surface area (Å²) in [5.41, 5.74) is 0.352. The van der Waals surface area contributed by atoms with E-state index in [1.165, 1.54) is 4.31 Å². The number of thiophene rings is 1. The lowest BCUT2D eigenvalue weighted by Crippen LogP contribution is -2.39. The molecule has 1 amide bonds. The minimum Gasteiger partial charge on any atom is -0.259 e. The molecular weight excluding hydrogens is 474 g/mol. The molecule has 1 aliphatic rings. The Balaban J connectivity index is 1.35. The van der Waals surface area contributed by atoms with Crippen LogP contribution in [0.4, 0.5) is 0 Å². The van der Waals surface area contributed by atoms with E-state index in [9.17, 15) is 13.2 Å². The van der Waals surface area contributed by atoms with Crippen LogP contribution < -0.4 is 4.91 Å². The molecule has 3 aromatic rings. The number of carbonyl (C=O) groups is 1. The van der Waals surface area contributed by atoms with E-state index in [1.807, 2.05) is 0 Å². The molecule has 0 bridgehead atoms. The summed E-state index contributed by atoms with van der Waals surface area (Å²) in [6.07, 6.45) is 4.55. The summed E-state index contributed by atoms with van der Waals surface area (Å²) < 4.78 is 27.7. The van der Waals surface area contributed by atoms with Gasteiger partial charge in [-0.25, -0.2) is 8.42 Å².